The van der Waals surface area contributed by atoms with Crippen LogP contribution >= 0.6 is 0 Å². The molecule has 1 aliphatic carbocycles. The van der Waals surface area contributed by atoms with Gasteiger partial charge in [0.1, 0.15) is 0 Å². The van der Waals surface area contributed by atoms with Crippen LogP contribution in [0.1, 0.15) is 42.9 Å². The number of aryl methyl sites for hydroxylation is 1. The molecule has 2 aliphatic rings. The van der Waals surface area contributed by atoms with E-state index < -0.39 is 0 Å². The van der Waals surface area contributed by atoms with Crippen molar-refractivity contribution in [2.24, 2.45) is 5.92 Å². The molecule has 0 radical (unpaired) electrons. The Morgan fingerprint density at radius 2 is 2.17 bits per heavy atom. The van der Waals surface area contributed by atoms with Gasteiger partial charge in [-0.3, -0.25) is 4.79 Å². The topological polar surface area (TPSA) is 47.6 Å². The van der Waals surface area contributed by atoms with Crippen LogP contribution in [-0.4, -0.2) is 31.8 Å². The third-order valence-corrected chi connectivity index (χ3v) is 4.36. The molecule has 1 aromatic carbocycles. The molecule has 1 aromatic rings. The summed E-state index contributed by atoms with van der Waals surface area (Å²) in [6.45, 7) is 4.37. The summed E-state index contributed by atoms with van der Waals surface area (Å²) in [6, 6.07) is 6.28. The summed E-state index contributed by atoms with van der Waals surface area (Å²) in [5.74, 6) is 7.17. The average Bonchev–Trinajstić information content (AvgIpc) is 3.43. The van der Waals surface area contributed by atoms with E-state index in [2.05, 4.69) is 36.2 Å². The molecule has 0 aromatic heterocycles. The fraction of sp³-hybridized carbons (Fsp3) is 0.550. The van der Waals surface area contributed by atoms with Gasteiger partial charge in [0.2, 0.25) is 5.91 Å². The third kappa shape index (κ3) is 5.09. The SMILES string of the molecule is CCc1cc(C#CC2CC2)ccc1CNC(=O)CC1COCCO1. The Morgan fingerprint density at radius 3 is 2.88 bits per heavy atom. The maximum absolute atomic E-state index is 12.1. The van der Waals surface area contributed by atoms with E-state index in [1.165, 1.54) is 18.4 Å². The zero-order valence-corrected chi connectivity index (χ0v) is 14.3. The summed E-state index contributed by atoms with van der Waals surface area (Å²) in [6.07, 6.45) is 3.65. The third-order valence-electron chi connectivity index (χ3n) is 4.36. The first kappa shape index (κ1) is 17.0. The Morgan fingerprint density at radius 1 is 1.29 bits per heavy atom. The van der Waals surface area contributed by atoms with E-state index in [0.717, 1.165) is 17.5 Å². The number of hydrogen-bond donors (Lipinski definition) is 1. The summed E-state index contributed by atoms with van der Waals surface area (Å²) in [5, 5.41) is 2.99. The van der Waals surface area contributed by atoms with Crippen molar-refractivity contribution in [2.45, 2.75) is 45.3 Å². The van der Waals surface area contributed by atoms with Crippen molar-refractivity contribution in [3.8, 4) is 11.8 Å². The molecule has 4 nitrogen and oxygen atoms in total. The molecule has 128 valence electrons. The highest BCUT2D eigenvalue weighted by molar-refractivity contribution is 5.76. The molecule has 1 atom stereocenters. The predicted octanol–water partition coefficient (Wildman–Crippen LogP) is 2.43. The van der Waals surface area contributed by atoms with E-state index in [4.69, 9.17) is 9.47 Å². The van der Waals surface area contributed by atoms with Crippen molar-refractivity contribution in [3.05, 3.63) is 34.9 Å². The molecular weight excluding hydrogens is 302 g/mol. The second-order valence-corrected chi connectivity index (χ2v) is 6.43. The largest absolute Gasteiger partial charge is 0.376 e. The van der Waals surface area contributed by atoms with Crippen molar-refractivity contribution < 1.29 is 14.3 Å². The van der Waals surface area contributed by atoms with Crippen LogP contribution in [0.5, 0.6) is 0 Å². The van der Waals surface area contributed by atoms with Gasteiger partial charge in [0.15, 0.2) is 0 Å². The number of ether oxygens (including phenoxy) is 2. The molecule has 1 amide bonds. The minimum Gasteiger partial charge on any atom is -0.376 e. The smallest absolute Gasteiger partial charge is 0.222 e. The maximum atomic E-state index is 12.1. The summed E-state index contributed by atoms with van der Waals surface area (Å²) in [5.41, 5.74) is 3.47. The number of carbonyl (C=O) groups is 1. The van der Waals surface area contributed by atoms with Gasteiger partial charge in [-0.15, -0.1) is 0 Å². The Kier molecular flexibility index (Phi) is 5.90. The lowest BCUT2D eigenvalue weighted by atomic mass is 10.0. The summed E-state index contributed by atoms with van der Waals surface area (Å²) in [4.78, 5) is 12.1. The highest BCUT2D eigenvalue weighted by Gasteiger charge is 2.18. The Balaban J connectivity index is 1.53. The summed E-state index contributed by atoms with van der Waals surface area (Å²) >= 11 is 0. The zero-order chi connectivity index (χ0) is 16.8. The molecule has 1 saturated heterocycles. The monoisotopic (exact) mass is 327 g/mol. The minimum absolute atomic E-state index is 0.00477. The van der Waals surface area contributed by atoms with E-state index in [-0.39, 0.29) is 12.0 Å². The molecule has 2 fully saturated rings. The molecule has 0 spiro atoms. The van der Waals surface area contributed by atoms with Crippen LogP contribution in [0.15, 0.2) is 18.2 Å². The molecule has 1 saturated carbocycles. The summed E-state index contributed by atoms with van der Waals surface area (Å²) < 4.78 is 10.8. The second kappa shape index (κ2) is 8.32. The van der Waals surface area contributed by atoms with Crippen LogP contribution in [0.3, 0.4) is 0 Å². The second-order valence-electron chi connectivity index (χ2n) is 6.43. The Hall–Kier alpha value is -1.83. The highest BCUT2D eigenvalue weighted by Crippen LogP contribution is 2.27. The fourth-order valence-corrected chi connectivity index (χ4v) is 2.75. The van der Waals surface area contributed by atoms with Gasteiger partial charge in [-0.1, -0.05) is 24.8 Å². The van der Waals surface area contributed by atoms with Crippen LogP contribution < -0.4 is 5.32 Å². The number of benzene rings is 1. The van der Waals surface area contributed by atoms with Crippen LogP contribution in [0.2, 0.25) is 0 Å². The normalized spacial score (nSPS) is 20.1. The van der Waals surface area contributed by atoms with Gasteiger partial charge < -0.3 is 14.8 Å². The van der Waals surface area contributed by atoms with E-state index in [9.17, 15) is 4.79 Å². The number of hydrogen-bond acceptors (Lipinski definition) is 3. The van der Waals surface area contributed by atoms with E-state index in [1.807, 2.05) is 6.07 Å². The number of amides is 1. The van der Waals surface area contributed by atoms with Gasteiger partial charge in [-0.05, 0) is 42.5 Å². The highest BCUT2D eigenvalue weighted by atomic mass is 16.6. The van der Waals surface area contributed by atoms with Crippen LogP contribution in [0, 0.1) is 17.8 Å². The van der Waals surface area contributed by atoms with Crippen molar-refractivity contribution in [3.63, 3.8) is 0 Å². The molecule has 0 bridgehead atoms. The van der Waals surface area contributed by atoms with Gasteiger partial charge in [-0.2, -0.15) is 0 Å². The van der Waals surface area contributed by atoms with Gasteiger partial charge >= 0.3 is 0 Å². The molecule has 1 N–H and O–H groups in total. The fourth-order valence-electron chi connectivity index (χ4n) is 2.75. The average molecular weight is 327 g/mol. The van der Waals surface area contributed by atoms with E-state index in [1.54, 1.807) is 0 Å². The van der Waals surface area contributed by atoms with Gasteiger partial charge in [0.25, 0.3) is 0 Å². The number of carbonyl (C=O) groups excluding carboxylic acids is 1. The van der Waals surface area contributed by atoms with Gasteiger partial charge in [0.05, 0.1) is 32.3 Å². The summed E-state index contributed by atoms with van der Waals surface area (Å²) in [7, 11) is 0. The first-order chi connectivity index (χ1) is 11.7. The Labute approximate surface area is 143 Å². The van der Waals surface area contributed by atoms with Crippen molar-refractivity contribution >= 4 is 5.91 Å². The van der Waals surface area contributed by atoms with E-state index in [0.29, 0.717) is 38.7 Å². The van der Waals surface area contributed by atoms with Crippen LogP contribution in [0.25, 0.3) is 0 Å². The predicted molar refractivity (Wildman–Crippen MR) is 92.4 cm³/mol. The lowest BCUT2D eigenvalue weighted by Crippen LogP contribution is -2.34. The van der Waals surface area contributed by atoms with Gasteiger partial charge in [-0.25, -0.2) is 0 Å². The maximum Gasteiger partial charge on any atom is 0.222 e. The molecule has 24 heavy (non-hydrogen) atoms. The molecule has 4 heteroatoms. The van der Waals surface area contributed by atoms with Crippen LogP contribution in [0.4, 0.5) is 0 Å². The number of rotatable bonds is 5. The quantitative estimate of drug-likeness (QED) is 0.845. The van der Waals surface area contributed by atoms with Gasteiger partial charge in [0, 0.05) is 18.0 Å². The van der Waals surface area contributed by atoms with Crippen molar-refractivity contribution in [2.75, 3.05) is 19.8 Å². The zero-order valence-electron chi connectivity index (χ0n) is 14.3. The lowest BCUT2D eigenvalue weighted by molar-refractivity contribution is -0.131. The van der Waals surface area contributed by atoms with E-state index >= 15 is 0 Å². The van der Waals surface area contributed by atoms with Crippen molar-refractivity contribution in [1.29, 1.82) is 0 Å². The Bertz CT molecular complexity index is 634. The molecule has 1 aliphatic heterocycles. The molecule has 1 unspecified atom stereocenters. The molecular formula is C20H25NO3. The minimum atomic E-state index is -0.121. The first-order valence-corrected chi connectivity index (χ1v) is 8.84. The first-order valence-electron chi connectivity index (χ1n) is 8.84. The molecule has 1 heterocycles. The molecule has 3 rings (SSSR count). The van der Waals surface area contributed by atoms with Crippen LogP contribution in [-0.2, 0) is 27.2 Å². The number of nitrogens with one attached hydrogen (secondary N) is 1. The standard InChI is InChI=1S/C20H25NO3/c1-2-17-11-16(6-5-15-3-4-15)7-8-18(17)13-21-20(22)12-19-14-23-9-10-24-19/h7-8,11,15,19H,2-4,9-10,12-14H2,1H3,(H,21,22). The lowest BCUT2D eigenvalue weighted by Gasteiger charge is -2.22. The van der Waals surface area contributed by atoms with Crippen molar-refractivity contribution in [1.82, 2.24) is 5.32 Å².